The van der Waals surface area contributed by atoms with Gasteiger partial charge in [-0.15, -0.1) is 0 Å². The number of halogens is 1. The SMILES string of the molecule is CN1CC(CN2C(=O)C3CC(S(=O)(=O)NC4(C)CC4)C(F)CC3N(CC3CNN(C)C3)C2=O)CN1. The van der Waals surface area contributed by atoms with E-state index in [1.165, 1.54) is 4.90 Å². The molecule has 11 nitrogen and oxygen atoms in total. The Labute approximate surface area is 206 Å². The second kappa shape index (κ2) is 9.18. The summed E-state index contributed by atoms with van der Waals surface area (Å²) in [4.78, 5) is 30.2. The minimum absolute atomic E-state index is 0.0825. The van der Waals surface area contributed by atoms with Crippen molar-refractivity contribution < 1.29 is 22.4 Å². The number of imide groups is 1. The van der Waals surface area contributed by atoms with Crippen molar-refractivity contribution in [2.24, 2.45) is 17.8 Å². The van der Waals surface area contributed by atoms with Gasteiger partial charge in [0.05, 0.1) is 5.92 Å². The topological polar surface area (TPSA) is 117 Å². The van der Waals surface area contributed by atoms with Crippen LogP contribution in [0.2, 0.25) is 0 Å². The number of hydrogen-bond donors (Lipinski definition) is 3. The molecule has 0 aromatic carbocycles. The van der Waals surface area contributed by atoms with Crippen LogP contribution >= 0.6 is 0 Å². The standard InChI is InChI=1S/C22H38FN7O4S/c1-22(4-5-22)26-35(33,34)19-6-16-18(7-17(19)23)29(12-14-8-24-27(2)10-14)21(32)30(20(16)31)13-15-9-25-28(3)11-15/h14-19,24-26H,4-13H2,1-3H3. The fourth-order valence-corrected chi connectivity index (χ4v) is 8.10. The van der Waals surface area contributed by atoms with E-state index >= 15 is 4.39 Å². The van der Waals surface area contributed by atoms with Crippen LogP contribution in [0.25, 0.3) is 0 Å². The van der Waals surface area contributed by atoms with Crippen molar-refractivity contribution in [1.29, 1.82) is 0 Å². The third kappa shape index (κ3) is 5.08. The number of hydrazine groups is 2. The lowest BCUT2D eigenvalue weighted by molar-refractivity contribution is -0.142. The first-order valence-corrected chi connectivity index (χ1v) is 14.2. The van der Waals surface area contributed by atoms with Gasteiger partial charge in [-0.2, -0.15) is 0 Å². The lowest BCUT2D eigenvalue weighted by Gasteiger charge is -2.49. The zero-order chi connectivity index (χ0) is 25.1. The maximum Gasteiger partial charge on any atom is 0.326 e. The van der Waals surface area contributed by atoms with Gasteiger partial charge in [0, 0.05) is 83.2 Å². The highest BCUT2D eigenvalue weighted by atomic mass is 32.2. The molecule has 5 rings (SSSR count). The van der Waals surface area contributed by atoms with Crippen molar-refractivity contribution in [3.63, 3.8) is 0 Å². The van der Waals surface area contributed by atoms with E-state index in [-0.39, 0.29) is 43.2 Å². The number of alkyl halides is 1. The fourth-order valence-electron chi connectivity index (χ4n) is 6.10. The number of hydrogen-bond acceptors (Lipinski definition) is 8. The van der Waals surface area contributed by atoms with Gasteiger partial charge in [-0.1, -0.05) is 0 Å². The summed E-state index contributed by atoms with van der Waals surface area (Å²) >= 11 is 0. The predicted molar refractivity (Wildman–Crippen MR) is 127 cm³/mol. The first-order chi connectivity index (χ1) is 16.5. The smallest absolute Gasteiger partial charge is 0.320 e. The van der Waals surface area contributed by atoms with E-state index in [0.717, 1.165) is 19.4 Å². The summed E-state index contributed by atoms with van der Waals surface area (Å²) < 4.78 is 44.4. The summed E-state index contributed by atoms with van der Waals surface area (Å²) in [5, 5.41) is 2.61. The average molecular weight is 516 g/mol. The molecule has 5 aliphatic rings. The highest BCUT2D eigenvalue weighted by molar-refractivity contribution is 7.90. The quantitative estimate of drug-likeness (QED) is 0.409. The van der Waals surface area contributed by atoms with Crippen molar-refractivity contribution in [1.82, 2.24) is 35.4 Å². The molecule has 3 aliphatic heterocycles. The maximum atomic E-state index is 15.5. The molecule has 0 aromatic rings. The van der Waals surface area contributed by atoms with Gasteiger partial charge in [-0.05, 0) is 26.2 Å². The van der Waals surface area contributed by atoms with Gasteiger partial charge in [-0.25, -0.2) is 32.3 Å². The number of nitrogens with one attached hydrogen (secondary N) is 3. The minimum atomic E-state index is -3.94. The van der Waals surface area contributed by atoms with Crippen LogP contribution in [-0.4, -0.2) is 117 Å². The first kappa shape index (κ1) is 25.3. The molecule has 13 heteroatoms. The summed E-state index contributed by atoms with van der Waals surface area (Å²) in [6.45, 7) is 5.29. The summed E-state index contributed by atoms with van der Waals surface area (Å²) in [5.41, 5.74) is 5.92. The molecule has 2 saturated carbocycles. The number of nitrogens with zero attached hydrogens (tertiary/aromatic N) is 4. The molecule has 0 spiro atoms. The number of sulfonamides is 1. The molecule has 0 bridgehead atoms. The van der Waals surface area contributed by atoms with Crippen LogP contribution in [0.1, 0.15) is 32.6 Å². The lowest BCUT2D eigenvalue weighted by Crippen LogP contribution is -2.67. The fraction of sp³-hybridized carbons (Fsp3) is 0.909. The Bertz CT molecular complexity index is 963. The van der Waals surface area contributed by atoms with Crippen molar-refractivity contribution in [2.75, 3.05) is 53.4 Å². The number of carbonyl (C=O) groups excluding carboxylic acids is 2. The van der Waals surface area contributed by atoms with E-state index in [9.17, 15) is 18.0 Å². The normalized spacial score (nSPS) is 38.3. The summed E-state index contributed by atoms with van der Waals surface area (Å²) in [6, 6.07) is -1.00. The summed E-state index contributed by atoms with van der Waals surface area (Å²) in [5.74, 6) is -0.862. The van der Waals surface area contributed by atoms with E-state index in [4.69, 9.17) is 0 Å². The Morgan fingerprint density at radius 3 is 2.17 bits per heavy atom. The minimum Gasteiger partial charge on any atom is -0.320 e. The van der Waals surface area contributed by atoms with E-state index in [2.05, 4.69) is 15.6 Å². The summed E-state index contributed by atoms with van der Waals surface area (Å²) in [6.07, 6.45) is -0.429. The molecule has 2 aliphatic carbocycles. The van der Waals surface area contributed by atoms with Crippen LogP contribution in [0.5, 0.6) is 0 Å². The summed E-state index contributed by atoms with van der Waals surface area (Å²) in [7, 11) is -0.0964. The molecule has 3 amide bonds. The van der Waals surface area contributed by atoms with Crippen LogP contribution in [0.3, 0.4) is 0 Å². The lowest BCUT2D eigenvalue weighted by atomic mass is 9.79. The molecule has 35 heavy (non-hydrogen) atoms. The van der Waals surface area contributed by atoms with Crippen molar-refractivity contribution in [3.05, 3.63) is 0 Å². The molecule has 3 heterocycles. The van der Waals surface area contributed by atoms with Gasteiger partial charge in [-0.3, -0.25) is 20.5 Å². The molecule has 0 radical (unpaired) electrons. The Balaban J connectivity index is 1.39. The van der Waals surface area contributed by atoms with Gasteiger partial charge in [0.1, 0.15) is 11.4 Å². The molecule has 6 unspecified atom stereocenters. The van der Waals surface area contributed by atoms with Gasteiger partial charge in [0.15, 0.2) is 0 Å². The van der Waals surface area contributed by atoms with Crippen molar-refractivity contribution in [2.45, 2.75) is 55.6 Å². The molecular formula is C22H38FN7O4S. The van der Waals surface area contributed by atoms with E-state index in [0.29, 0.717) is 26.2 Å². The van der Waals surface area contributed by atoms with Gasteiger partial charge in [0.25, 0.3) is 0 Å². The Hall–Kier alpha value is -1.38. The van der Waals surface area contributed by atoms with E-state index < -0.39 is 38.9 Å². The molecule has 3 saturated heterocycles. The molecular weight excluding hydrogens is 477 g/mol. The average Bonchev–Trinajstić information content (AvgIpc) is 3.14. The zero-order valence-corrected chi connectivity index (χ0v) is 21.6. The highest BCUT2D eigenvalue weighted by Crippen LogP contribution is 2.41. The van der Waals surface area contributed by atoms with Crippen LogP contribution in [-0.2, 0) is 14.8 Å². The number of carbonyl (C=O) groups is 2. The zero-order valence-electron chi connectivity index (χ0n) is 20.7. The van der Waals surface area contributed by atoms with E-state index in [1.54, 1.807) is 4.90 Å². The largest absolute Gasteiger partial charge is 0.326 e. The van der Waals surface area contributed by atoms with Gasteiger partial charge in [0.2, 0.25) is 15.9 Å². The molecule has 198 valence electrons. The van der Waals surface area contributed by atoms with Crippen molar-refractivity contribution in [3.8, 4) is 0 Å². The van der Waals surface area contributed by atoms with Crippen molar-refractivity contribution >= 4 is 22.0 Å². The molecule has 5 fully saturated rings. The third-order valence-electron chi connectivity index (χ3n) is 8.33. The molecule has 6 atom stereocenters. The van der Waals surface area contributed by atoms with Crippen LogP contribution in [0, 0.1) is 17.8 Å². The monoisotopic (exact) mass is 515 g/mol. The van der Waals surface area contributed by atoms with Crippen LogP contribution < -0.4 is 15.6 Å². The van der Waals surface area contributed by atoms with Gasteiger partial charge >= 0.3 is 6.03 Å². The second-order valence-corrected chi connectivity index (χ2v) is 13.4. The number of fused-ring (bicyclic) bond motifs is 1. The number of amides is 3. The first-order valence-electron chi connectivity index (χ1n) is 12.6. The van der Waals surface area contributed by atoms with Crippen LogP contribution in [0.4, 0.5) is 9.18 Å². The number of rotatable bonds is 7. The maximum absolute atomic E-state index is 15.5. The van der Waals surface area contributed by atoms with Crippen LogP contribution in [0.15, 0.2) is 0 Å². The second-order valence-electron chi connectivity index (χ2n) is 11.5. The Morgan fingerprint density at radius 2 is 1.63 bits per heavy atom. The van der Waals surface area contributed by atoms with Gasteiger partial charge < -0.3 is 4.90 Å². The molecule has 0 aromatic heterocycles. The predicted octanol–water partition coefficient (Wildman–Crippen LogP) is -0.660. The third-order valence-corrected chi connectivity index (χ3v) is 10.4. The number of urea groups is 1. The Morgan fingerprint density at radius 1 is 1.03 bits per heavy atom. The van der Waals surface area contributed by atoms with E-state index in [1.807, 2.05) is 31.0 Å². The Kier molecular flexibility index (Phi) is 6.63. The highest BCUT2D eigenvalue weighted by Gasteiger charge is 2.56. The molecule has 3 N–H and O–H groups in total.